The predicted octanol–water partition coefficient (Wildman–Crippen LogP) is 4.95. The standard InChI is InChI=1S/C21H18ClNO5S/c22-16-9-12-20(28-17-4-2-1-3-5-17)19(14-16)23-29(26,27)18-10-6-15(7-11-18)8-13-21(24)25/h1-7,9-12,14,23H,8,13H2,(H,24,25). The van der Waals surface area contributed by atoms with Crippen molar-refractivity contribution in [2.75, 3.05) is 4.72 Å². The van der Waals surface area contributed by atoms with Crippen LogP contribution in [0.2, 0.25) is 5.02 Å². The molecule has 0 heterocycles. The number of carbonyl (C=O) groups is 1. The molecule has 0 aromatic heterocycles. The van der Waals surface area contributed by atoms with Crippen LogP contribution >= 0.6 is 11.6 Å². The van der Waals surface area contributed by atoms with Crippen molar-refractivity contribution in [3.63, 3.8) is 0 Å². The Morgan fingerprint density at radius 1 is 1.00 bits per heavy atom. The summed E-state index contributed by atoms with van der Waals surface area (Å²) < 4.78 is 33.9. The topological polar surface area (TPSA) is 92.7 Å². The van der Waals surface area contributed by atoms with Crippen LogP contribution in [-0.2, 0) is 21.2 Å². The zero-order valence-corrected chi connectivity index (χ0v) is 16.8. The number of anilines is 1. The Bertz CT molecular complexity index is 1100. The lowest BCUT2D eigenvalue weighted by molar-refractivity contribution is -0.136. The smallest absolute Gasteiger partial charge is 0.303 e. The molecule has 6 nitrogen and oxygen atoms in total. The number of carboxylic acid groups (broad SMARTS) is 1. The van der Waals surface area contributed by atoms with Gasteiger partial charge in [-0.3, -0.25) is 9.52 Å². The summed E-state index contributed by atoms with van der Waals surface area (Å²) in [6.07, 6.45) is 0.305. The molecular weight excluding hydrogens is 414 g/mol. The number of sulfonamides is 1. The number of ether oxygens (including phenoxy) is 1. The summed E-state index contributed by atoms with van der Waals surface area (Å²) >= 11 is 6.04. The normalized spacial score (nSPS) is 11.1. The molecule has 0 aliphatic heterocycles. The molecule has 0 saturated heterocycles. The maximum atomic E-state index is 12.8. The van der Waals surface area contributed by atoms with Gasteiger partial charge < -0.3 is 9.84 Å². The van der Waals surface area contributed by atoms with Gasteiger partial charge in [0.1, 0.15) is 5.75 Å². The number of benzene rings is 3. The monoisotopic (exact) mass is 431 g/mol. The summed E-state index contributed by atoms with van der Waals surface area (Å²) in [5.41, 5.74) is 0.943. The molecule has 2 N–H and O–H groups in total. The minimum atomic E-state index is -3.90. The van der Waals surface area contributed by atoms with Crippen molar-refractivity contribution in [2.45, 2.75) is 17.7 Å². The second-order valence-electron chi connectivity index (χ2n) is 6.20. The van der Waals surface area contributed by atoms with Crippen LogP contribution in [0.25, 0.3) is 0 Å². The first-order valence-corrected chi connectivity index (χ1v) is 10.6. The molecule has 0 aliphatic rings. The van der Waals surface area contributed by atoms with Gasteiger partial charge in [0.15, 0.2) is 5.75 Å². The molecule has 0 atom stereocenters. The molecule has 0 aliphatic carbocycles. The highest BCUT2D eigenvalue weighted by Crippen LogP contribution is 2.33. The van der Waals surface area contributed by atoms with Gasteiger partial charge in [-0.05, 0) is 54.4 Å². The van der Waals surface area contributed by atoms with Crippen molar-refractivity contribution in [3.8, 4) is 11.5 Å². The van der Waals surface area contributed by atoms with Gasteiger partial charge in [0.2, 0.25) is 0 Å². The third-order valence-electron chi connectivity index (χ3n) is 4.02. The molecule has 0 spiro atoms. The average molecular weight is 432 g/mol. The molecule has 0 saturated carbocycles. The molecule has 3 aromatic carbocycles. The number of hydrogen-bond acceptors (Lipinski definition) is 4. The first-order chi connectivity index (χ1) is 13.8. The van der Waals surface area contributed by atoms with Crippen LogP contribution in [0.1, 0.15) is 12.0 Å². The van der Waals surface area contributed by atoms with E-state index in [-0.39, 0.29) is 17.0 Å². The van der Waals surface area contributed by atoms with Gasteiger partial charge in [-0.2, -0.15) is 0 Å². The summed E-state index contributed by atoms with van der Waals surface area (Å²) in [5.74, 6) is -0.0458. The van der Waals surface area contributed by atoms with Crippen molar-refractivity contribution in [1.29, 1.82) is 0 Å². The van der Waals surface area contributed by atoms with E-state index in [4.69, 9.17) is 21.4 Å². The van der Waals surface area contributed by atoms with E-state index in [1.807, 2.05) is 6.07 Å². The Morgan fingerprint density at radius 2 is 1.69 bits per heavy atom. The summed E-state index contributed by atoms with van der Waals surface area (Å²) in [5, 5.41) is 9.10. The molecule has 0 unspecified atom stereocenters. The van der Waals surface area contributed by atoms with Crippen molar-refractivity contribution in [1.82, 2.24) is 0 Å². The third-order valence-corrected chi connectivity index (χ3v) is 5.63. The SMILES string of the molecule is O=C(O)CCc1ccc(S(=O)(=O)Nc2cc(Cl)ccc2Oc2ccccc2)cc1. The highest BCUT2D eigenvalue weighted by Gasteiger charge is 2.17. The number of aryl methyl sites for hydroxylation is 1. The largest absolute Gasteiger partial charge is 0.481 e. The van der Waals surface area contributed by atoms with Gasteiger partial charge in [-0.1, -0.05) is 41.9 Å². The van der Waals surface area contributed by atoms with Crippen LogP contribution < -0.4 is 9.46 Å². The Kier molecular flexibility index (Phi) is 6.41. The number of nitrogens with one attached hydrogen (secondary N) is 1. The first-order valence-electron chi connectivity index (χ1n) is 8.69. The van der Waals surface area contributed by atoms with E-state index < -0.39 is 16.0 Å². The van der Waals surface area contributed by atoms with E-state index in [2.05, 4.69) is 4.72 Å². The quantitative estimate of drug-likeness (QED) is 0.526. The molecule has 8 heteroatoms. The van der Waals surface area contributed by atoms with Gasteiger partial charge in [-0.25, -0.2) is 8.42 Å². The molecule has 0 amide bonds. The van der Waals surface area contributed by atoms with Crippen molar-refractivity contribution in [3.05, 3.63) is 83.4 Å². The first kappa shape index (κ1) is 20.7. The molecule has 0 bridgehead atoms. The fourth-order valence-electron chi connectivity index (χ4n) is 2.58. The van der Waals surface area contributed by atoms with Crippen LogP contribution in [0.5, 0.6) is 11.5 Å². The van der Waals surface area contributed by atoms with E-state index in [9.17, 15) is 13.2 Å². The molecule has 3 aromatic rings. The van der Waals surface area contributed by atoms with Gasteiger partial charge in [0.25, 0.3) is 10.0 Å². The fraction of sp³-hybridized carbons (Fsp3) is 0.0952. The second kappa shape index (κ2) is 8.98. The lowest BCUT2D eigenvalue weighted by Crippen LogP contribution is -2.13. The van der Waals surface area contributed by atoms with Crippen LogP contribution in [0.4, 0.5) is 5.69 Å². The van der Waals surface area contributed by atoms with Gasteiger partial charge in [0.05, 0.1) is 10.6 Å². The van der Waals surface area contributed by atoms with Crippen LogP contribution in [-0.4, -0.2) is 19.5 Å². The number of halogens is 1. The summed E-state index contributed by atoms with van der Waals surface area (Å²) in [6, 6.07) is 19.7. The summed E-state index contributed by atoms with van der Waals surface area (Å²) in [6.45, 7) is 0. The number of carboxylic acids is 1. The molecule has 3 rings (SSSR count). The number of rotatable bonds is 8. The Labute approximate surface area is 173 Å². The minimum Gasteiger partial charge on any atom is -0.481 e. The maximum absolute atomic E-state index is 12.8. The Balaban J connectivity index is 1.82. The number of aliphatic carboxylic acids is 1. The van der Waals surface area contributed by atoms with E-state index in [0.717, 1.165) is 5.56 Å². The van der Waals surface area contributed by atoms with E-state index >= 15 is 0 Å². The van der Waals surface area contributed by atoms with Gasteiger partial charge in [-0.15, -0.1) is 0 Å². The number of para-hydroxylation sites is 1. The highest BCUT2D eigenvalue weighted by molar-refractivity contribution is 7.92. The zero-order chi connectivity index (χ0) is 20.9. The van der Waals surface area contributed by atoms with E-state index in [0.29, 0.717) is 22.9 Å². The van der Waals surface area contributed by atoms with Crippen LogP contribution in [0.3, 0.4) is 0 Å². The fourth-order valence-corrected chi connectivity index (χ4v) is 3.81. The average Bonchev–Trinajstić information content (AvgIpc) is 2.69. The predicted molar refractivity (Wildman–Crippen MR) is 111 cm³/mol. The van der Waals surface area contributed by atoms with Crippen molar-refractivity contribution in [2.24, 2.45) is 0 Å². The minimum absolute atomic E-state index is 0.0208. The van der Waals surface area contributed by atoms with E-state index in [1.54, 1.807) is 48.5 Å². The molecule has 29 heavy (non-hydrogen) atoms. The molecular formula is C21H18ClNO5S. The molecule has 150 valence electrons. The van der Waals surface area contributed by atoms with Gasteiger partial charge in [0, 0.05) is 11.4 Å². The van der Waals surface area contributed by atoms with Crippen molar-refractivity contribution < 1.29 is 23.1 Å². The Hall–Kier alpha value is -3.03. The Morgan fingerprint density at radius 3 is 2.34 bits per heavy atom. The van der Waals surface area contributed by atoms with E-state index in [1.165, 1.54) is 18.2 Å². The number of hydrogen-bond donors (Lipinski definition) is 2. The third kappa shape index (κ3) is 5.73. The second-order valence-corrected chi connectivity index (χ2v) is 8.32. The zero-order valence-electron chi connectivity index (χ0n) is 15.2. The van der Waals surface area contributed by atoms with Gasteiger partial charge >= 0.3 is 5.97 Å². The van der Waals surface area contributed by atoms with Crippen LogP contribution in [0, 0.1) is 0 Å². The summed E-state index contributed by atoms with van der Waals surface area (Å²) in [4.78, 5) is 10.7. The van der Waals surface area contributed by atoms with Crippen LogP contribution in [0.15, 0.2) is 77.7 Å². The lowest BCUT2D eigenvalue weighted by Gasteiger charge is -2.14. The molecule has 0 fully saturated rings. The maximum Gasteiger partial charge on any atom is 0.303 e. The van der Waals surface area contributed by atoms with Crippen molar-refractivity contribution >= 4 is 33.3 Å². The molecule has 0 radical (unpaired) electrons. The highest BCUT2D eigenvalue weighted by atomic mass is 35.5. The lowest BCUT2D eigenvalue weighted by atomic mass is 10.1. The summed E-state index contributed by atoms with van der Waals surface area (Å²) in [7, 11) is -3.90.